The first-order valence-corrected chi connectivity index (χ1v) is 9.35. The average Bonchev–Trinajstić information content (AvgIpc) is 3.27. The molecule has 116 valence electrons. The SMILES string of the molecule is O=C1N=C(N2N=C(c3ccc(Cl)cc3)CC2c2cccs2)CS1. The third kappa shape index (κ3) is 2.94. The molecule has 1 aromatic carbocycles. The van der Waals surface area contributed by atoms with Crippen LogP contribution in [0, 0.1) is 0 Å². The predicted octanol–water partition coefficient (Wildman–Crippen LogP) is 4.82. The molecular weight excluding hydrogens is 350 g/mol. The zero-order chi connectivity index (χ0) is 15.8. The molecule has 1 atom stereocenters. The van der Waals surface area contributed by atoms with Gasteiger partial charge in [-0.15, -0.1) is 11.3 Å². The van der Waals surface area contributed by atoms with E-state index in [1.54, 1.807) is 11.3 Å². The minimum Gasteiger partial charge on any atom is -0.259 e. The number of nitrogens with zero attached hydrogens (tertiary/aromatic N) is 3. The molecule has 3 heterocycles. The van der Waals surface area contributed by atoms with E-state index in [2.05, 4.69) is 16.4 Å². The number of hydrogen-bond donors (Lipinski definition) is 0. The Balaban J connectivity index is 1.70. The van der Waals surface area contributed by atoms with Crippen molar-refractivity contribution in [2.24, 2.45) is 10.1 Å². The van der Waals surface area contributed by atoms with Crippen LogP contribution in [0.1, 0.15) is 22.9 Å². The minimum absolute atomic E-state index is 0.103. The van der Waals surface area contributed by atoms with Crippen molar-refractivity contribution in [3.8, 4) is 0 Å². The maximum atomic E-state index is 11.5. The van der Waals surface area contributed by atoms with Crippen molar-refractivity contribution in [1.82, 2.24) is 5.01 Å². The van der Waals surface area contributed by atoms with Gasteiger partial charge in [0.1, 0.15) is 5.84 Å². The maximum Gasteiger partial charge on any atom is 0.307 e. The highest BCUT2D eigenvalue weighted by atomic mass is 35.5. The number of halogens is 1. The van der Waals surface area contributed by atoms with Crippen LogP contribution in [0.3, 0.4) is 0 Å². The van der Waals surface area contributed by atoms with Crippen molar-refractivity contribution in [2.45, 2.75) is 12.5 Å². The summed E-state index contributed by atoms with van der Waals surface area (Å²) in [6.45, 7) is 0. The summed E-state index contributed by atoms with van der Waals surface area (Å²) >= 11 is 8.89. The standard InChI is InChI=1S/C16H12ClN3OS2/c17-11-5-3-10(4-6-11)12-8-13(14-2-1-7-22-14)20(19-12)15-9-23-16(21)18-15/h1-7,13H,8-9H2. The summed E-state index contributed by atoms with van der Waals surface area (Å²) in [5.41, 5.74) is 2.04. The molecule has 0 fully saturated rings. The van der Waals surface area contributed by atoms with E-state index < -0.39 is 0 Å². The van der Waals surface area contributed by atoms with Crippen molar-refractivity contribution < 1.29 is 4.79 Å². The Morgan fingerprint density at radius 1 is 1.22 bits per heavy atom. The summed E-state index contributed by atoms with van der Waals surface area (Å²) < 4.78 is 0. The zero-order valence-corrected chi connectivity index (χ0v) is 14.4. The van der Waals surface area contributed by atoms with Crippen molar-refractivity contribution in [2.75, 3.05) is 5.75 Å². The Labute approximate surface area is 146 Å². The fourth-order valence-electron chi connectivity index (χ4n) is 2.68. The van der Waals surface area contributed by atoms with Crippen LogP contribution in [0.25, 0.3) is 0 Å². The predicted molar refractivity (Wildman–Crippen MR) is 96.8 cm³/mol. The Hall–Kier alpha value is -1.63. The topological polar surface area (TPSA) is 45.0 Å². The molecule has 7 heteroatoms. The number of amides is 1. The number of carbonyl (C=O) groups excluding carboxylic acids is 1. The highest BCUT2D eigenvalue weighted by Crippen LogP contribution is 2.37. The largest absolute Gasteiger partial charge is 0.307 e. The van der Waals surface area contributed by atoms with E-state index in [0.717, 1.165) is 23.5 Å². The third-order valence-electron chi connectivity index (χ3n) is 3.77. The van der Waals surface area contributed by atoms with Crippen LogP contribution in [-0.4, -0.2) is 27.5 Å². The first-order chi connectivity index (χ1) is 11.2. The van der Waals surface area contributed by atoms with E-state index in [9.17, 15) is 4.79 Å². The number of hydrogen-bond acceptors (Lipinski definition) is 5. The van der Waals surface area contributed by atoms with Crippen molar-refractivity contribution >= 4 is 51.5 Å². The summed E-state index contributed by atoms with van der Waals surface area (Å²) in [5.74, 6) is 1.32. The Morgan fingerprint density at radius 2 is 2.04 bits per heavy atom. The average molecular weight is 362 g/mol. The second kappa shape index (κ2) is 6.11. The number of amidine groups is 1. The number of aliphatic imine (C=N–C) groups is 1. The van der Waals surface area contributed by atoms with E-state index in [1.165, 1.54) is 16.6 Å². The fourth-order valence-corrected chi connectivity index (χ4v) is 4.24. The molecule has 2 aliphatic heterocycles. The van der Waals surface area contributed by atoms with Gasteiger partial charge in [-0.3, -0.25) is 4.79 Å². The van der Waals surface area contributed by atoms with Crippen LogP contribution >= 0.6 is 34.7 Å². The molecule has 0 aliphatic carbocycles. The molecule has 0 N–H and O–H groups in total. The van der Waals surface area contributed by atoms with Gasteiger partial charge in [-0.05, 0) is 29.1 Å². The first kappa shape index (κ1) is 14.9. The number of rotatable bonds is 2. The lowest BCUT2D eigenvalue weighted by Crippen LogP contribution is -2.26. The van der Waals surface area contributed by atoms with Crippen molar-refractivity contribution in [1.29, 1.82) is 0 Å². The Kier molecular flexibility index (Phi) is 3.97. The number of thiophene rings is 1. The second-order valence-electron chi connectivity index (χ2n) is 5.22. The van der Waals surface area contributed by atoms with E-state index in [0.29, 0.717) is 10.8 Å². The molecule has 2 aromatic rings. The van der Waals surface area contributed by atoms with E-state index in [4.69, 9.17) is 16.7 Å². The second-order valence-corrected chi connectivity index (χ2v) is 7.56. The number of hydrazone groups is 1. The maximum absolute atomic E-state index is 11.5. The molecule has 2 aliphatic rings. The van der Waals surface area contributed by atoms with Gasteiger partial charge < -0.3 is 0 Å². The van der Waals surface area contributed by atoms with Gasteiger partial charge in [0, 0.05) is 16.3 Å². The lowest BCUT2D eigenvalue weighted by molar-refractivity contribution is 0.267. The number of benzene rings is 1. The molecule has 1 aromatic heterocycles. The van der Waals surface area contributed by atoms with Gasteiger partial charge in [-0.2, -0.15) is 10.1 Å². The summed E-state index contributed by atoms with van der Waals surface area (Å²) in [6.07, 6.45) is 0.792. The van der Waals surface area contributed by atoms with Gasteiger partial charge in [0.2, 0.25) is 0 Å². The molecule has 0 saturated heterocycles. The van der Waals surface area contributed by atoms with Crippen LogP contribution in [0.4, 0.5) is 4.79 Å². The summed E-state index contributed by atoms with van der Waals surface area (Å²) in [4.78, 5) is 16.8. The van der Waals surface area contributed by atoms with Gasteiger partial charge in [-0.1, -0.05) is 41.6 Å². The lowest BCUT2D eigenvalue weighted by Gasteiger charge is -2.21. The minimum atomic E-state index is -0.139. The molecule has 0 radical (unpaired) electrons. The smallest absolute Gasteiger partial charge is 0.259 e. The van der Waals surface area contributed by atoms with E-state index >= 15 is 0 Å². The molecular formula is C16H12ClN3OS2. The molecule has 0 bridgehead atoms. The molecule has 0 spiro atoms. The Bertz CT molecular complexity index is 799. The lowest BCUT2D eigenvalue weighted by atomic mass is 10.0. The summed E-state index contributed by atoms with van der Waals surface area (Å²) in [5, 5.41) is 9.30. The number of carbonyl (C=O) groups is 1. The molecule has 1 unspecified atom stereocenters. The van der Waals surface area contributed by atoms with Crippen molar-refractivity contribution in [3.63, 3.8) is 0 Å². The molecule has 4 rings (SSSR count). The van der Waals surface area contributed by atoms with E-state index in [1.807, 2.05) is 35.3 Å². The van der Waals surface area contributed by atoms with Crippen LogP contribution in [0.2, 0.25) is 5.02 Å². The van der Waals surface area contributed by atoms with Crippen LogP contribution < -0.4 is 0 Å². The van der Waals surface area contributed by atoms with Gasteiger partial charge in [-0.25, -0.2) is 5.01 Å². The van der Waals surface area contributed by atoms with Crippen LogP contribution in [0.15, 0.2) is 51.9 Å². The van der Waals surface area contributed by atoms with E-state index in [-0.39, 0.29) is 11.3 Å². The summed E-state index contributed by atoms with van der Waals surface area (Å²) in [6, 6.07) is 11.9. The van der Waals surface area contributed by atoms with Gasteiger partial charge in [0.25, 0.3) is 0 Å². The molecule has 4 nitrogen and oxygen atoms in total. The van der Waals surface area contributed by atoms with Crippen molar-refractivity contribution in [3.05, 3.63) is 57.2 Å². The van der Waals surface area contributed by atoms with Crippen LogP contribution in [-0.2, 0) is 0 Å². The fraction of sp³-hybridized carbons (Fsp3) is 0.188. The van der Waals surface area contributed by atoms with Gasteiger partial charge in [0.05, 0.1) is 17.5 Å². The van der Waals surface area contributed by atoms with Gasteiger partial charge >= 0.3 is 5.24 Å². The quantitative estimate of drug-likeness (QED) is 0.770. The highest BCUT2D eigenvalue weighted by molar-refractivity contribution is 8.14. The first-order valence-electron chi connectivity index (χ1n) is 7.11. The molecule has 0 saturated carbocycles. The third-order valence-corrected chi connectivity index (χ3v) is 5.74. The number of thioether (sulfide) groups is 1. The Morgan fingerprint density at radius 3 is 2.70 bits per heavy atom. The summed E-state index contributed by atoms with van der Waals surface area (Å²) in [7, 11) is 0. The zero-order valence-electron chi connectivity index (χ0n) is 12.0. The normalized spacial score (nSPS) is 20.8. The molecule has 23 heavy (non-hydrogen) atoms. The monoisotopic (exact) mass is 361 g/mol. The van der Waals surface area contributed by atoms with Crippen LogP contribution in [0.5, 0.6) is 0 Å². The highest BCUT2D eigenvalue weighted by Gasteiger charge is 2.34. The molecule has 1 amide bonds. The van der Waals surface area contributed by atoms with Gasteiger partial charge in [0.15, 0.2) is 0 Å².